The summed E-state index contributed by atoms with van der Waals surface area (Å²) in [4.78, 5) is 5.59. The third kappa shape index (κ3) is 16.6. The predicted octanol–water partition coefficient (Wildman–Crippen LogP) is 15.4. The molecule has 1 unspecified atom stereocenters. The minimum atomic E-state index is -0.0638. The van der Waals surface area contributed by atoms with Crippen LogP contribution in [0.25, 0.3) is 0 Å². The average Bonchev–Trinajstić information content (AvgIpc) is 3.49. The van der Waals surface area contributed by atoms with E-state index in [0.29, 0.717) is 5.92 Å². The van der Waals surface area contributed by atoms with Crippen LogP contribution in [0.3, 0.4) is 0 Å². The lowest BCUT2D eigenvalue weighted by molar-refractivity contribution is -0.00378. The maximum atomic E-state index is 2.79. The molecule has 1 aliphatic heterocycles. The summed E-state index contributed by atoms with van der Waals surface area (Å²) >= 11 is 0. The third-order valence-corrected chi connectivity index (χ3v) is 11.9. The van der Waals surface area contributed by atoms with Gasteiger partial charge in [0.05, 0.1) is 0 Å². The van der Waals surface area contributed by atoms with Crippen molar-refractivity contribution in [3.63, 3.8) is 0 Å². The first-order valence-corrected chi connectivity index (χ1v) is 22.6. The summed E-state index contributed by atoms with van der Waals surface area (Å²) in [6.45, 7) is 9.35. The summed E-state index contributed by atoms with van der Waals surface area (Å²) < 4.78 is 0. The van der Waals surface area contributed by atoms with Crippen LogP contribution in [0.5, 0.6) is 0 Å². The number of benzene rings is 2. The van der Waals surface area contributed by atoms with Crippen molar-refractivity contribution >= 4 is 0 Å². The lowest BCUT2D eigenvalue weighted by Gasteiger charge is -2.51. The SMILES string of the molecule is CCCCCCCCCCCCCCCN1C=CN(CCCCCCCCCCCCCCC)C1(Cc1ccccc1)C(CC)c1ccccc1. The van der Waals surface area contributed by atoms with Gasteiger partial charge >= 0.3 is 0 Å². The van der Waals surface area contributed by atoms with Crippen molar-refractivity contribution in [2.75, 3.05) is 13.1 Å². The molecule has 0 aromatic heterocycles. The molecule has 0 N–H and O–H groups in total. The van der Waals surface area contributed by atoms with Crippen LogP contribution in [0.2, 0.25) is 0 Å². The van der Waals surface area contributed by atoms with Crippen molar-refractivity contribution in [3.05, 3.63) is 84.2 Å². The van der Waals surface area contributed by atoms with Crippen LogP contribution >= 0.6 is 0 Å². The maximum absolute atomic E-state index is 2.79. The number of rotatable bonds is 33. The van der Waals surface area contributed by atoms with Gasteiger partial charge in [-0.3, -0.25) is 0 Å². The summed E-state index contributed by atoms with van der Waals surface area (Å²) in [5, 5.41) is 0. The highest BCUT2D eigenvalue weighted by molar-refractivity contribution is 5.30. The zero-order valence-electron chi connectivity index (χ0n) is 34.1. The van der Waals surface area contributed by atoms with Gasteiger partial charge in [-0.25, -0.2) is 0 Å². The summed E-state index contributed by atoms with van der Waals surface area (Å²) in [5.74, 6) is 0.442. The first-order valence-electron chi connectivity index (χ1n) is 22.6. The third-order valence-electron chi connectivity index (χ3n) is 11.9. The molecule has 0 fully saturated rings. The number of unbranched alkanes of at least 4 members (excludes halogenated alkanes) is 24. The Bertz CT molecular complexity index is 1040. The molecule has 2 nitrogen and oxygen atoms in total. The van der Waals surface area contributed by atoms with Crippen LogP contribution in [0.1, 0.15) is 211 Å². The Morgan fingerprint density at radius 1 is 0.412 bits per heavy atom. The van der Waals surface area contributed by atoms with Crippen LogP contribution in [0.4, 0.5) is 0 Å². The lowest BCUT2D eigenvalue weighted by atomic mass is 9.78. The Kier molecular flexibility index (Phi) is 24.0. The topological polar surface area (TPSA) is 6.48 Å². The standard InChI is InChI=1S/C49H82N2/c1-4-7-9-11-13-15-17-19-21-23-25-27-35-41-50-43-44-51(42-36-28-26-24-22-20-18-16-14-12-10-8-5-2)49(50,45-46-37-31-29-32-38-46)48(6-3)47-39-33-30-34-40-47/h29-34,37-40,43-44,48H,4-28,35-36,41-42,45H2,1-3H3. The molecular weight excluding hydrogens is 617 g/mol. The molecule has 0 bridgehead atoms. The van der Waals surface area contributed by atoms with Gasteiger partial charge in [-0.15, -0.1) is 0 Å². The highest BCUT2D eigenvalue weighted by atomic mass is 15.4. The van der Waals surface area contributed by atoms with E-state index in [0.717, 1.165) is 25.9 Å². The molecular formula is C49H82N2. The van der Waals surface area contributed by atoms with Crippen LogP contribution in [0.15, 0.2) is 73.1 Å². The molecule has 0 radical (unpaired) electrons. The van der Waals surface area contributed by atoms with E-state index in [1.54, 1.807) is 0 Å². The largest absolute Gasteiger partial charge is 0.353 e. The van der Waals surface area contributed by atoms with Gasteiger partial charge in [0.2, 0.25) is 0 Å². The molecule has 0 saturated carbocycles. The Balaban J connectivity index is 1.54. The summed E-state index contributed by atoms with van der Waals surface area (Å²) in [5.41, 5.74) is 2.89. The Hall–Kier alpha value is -2.22. The van der Waals surface area contributed by atoms with Gasteiger partial charge in [0.1, 0.15) is 5.66 Å². The monoisotopic (exact) mass is 699 g/mol. The predicted molar refractivity (Wildman–Crippen MR) is 226 cm³/mol. The second-order valence-electron chi connectivity index (χ2n) is 16.1. The van der Waals surface area contributed by atoms with Gasteiger partial charge in [-0.1, -0.05) is 236 Å². The molecule has 51 heavy (non-hydrogen) atoms. The summed E-state index contributed by atoms with van der Waals surface area (Å²) in [7, 11) is 0. The number of hydrogen-bond donors (Lipinski definition) is 0. The van der Waals surface area contributed by atoms with Crippen LogP contribution in [-0.2, 0) is 6.42 Å². The molecule has 0 amide bonds. The van der Waals surface area contributed by atoms with Gasteiger partial charge in [0, 0.05) is 37.8 Å². The van der Waals surface area contributed by atoms with Crippen molar-refractivity contribution in [2.24, 2.45) is 0 Å². The van der Waals surface area contributed by atoms with Crippen molar-refractivity contribution in [2.45, 2.75) is 212 Å². The van der Waals surface area contributed by atoms with Gasteiger partial charge in [0.15, 0.2) is 0 Å². The molecule has 1 atom stereocenters. The normalized spacial score (nSPS) is 14.5. The van der Waals surface area contributed by atoms with E-state index in [-0.39, 0.29) is 5.66 Å². The highest BCUT2D eigenvalue weighted by Crippen LogP contribution is 2.45. The zero-order chi connectivity index (χ0) is 36.1. The smallest absolute Gasteiger partial charge is 0.123 e. The van der Waals surface area contributed by atoms with Crippen LogP contribution in [0, 0.1) is 0 Å². The second-order valence-corrected chi connectivity index (χ2v) is 16.1. The molecule has 0 saturated heterocycles. The molecule has 1 heterocycles. The minimum absolute atomic E-state index is 0.0638. The molecule has 2 aromatic carbocycles. The molecule has 0 spiro atoms. The molecule has 2 heteroatoms. The van der Waals surface area contributed by atoms with E-state index < -0.39 is 0 Å². The maximum Gasteiger partial charge on any atom is 0.123 e. The molecule has 0 aliphatic carbocycles. The van der Waals surface area contributed by atoms with E-state index in [1.807, 2.05) is 0 Å². The minimum Gasteiger partial charge on any atom is -0.353 e. The van der Waals surface area contributed by atoms with Gasteiger partial charge in [-0.2, -0.15) is 0 Å². The summed E-state index contributed by atoms with van der Waals surface area (Å²) in [6, 6.07) is 22.9. The fraction of sp³-hybridized carbons (Fsp3) is 0.714. The zero-order valence-corrected chi connectivity index (χ0v) is 34.1. The van der Waals surface area contributed by atoms with E-state index >= 15 is 0 Å². The Morgan fingerprint density at radius 3 is 1.10 bits per heavy atom. The molecule has 2 aromatic rings. The number of nitrogens with zero attached hydrogens (tertiary/aromatic N) is 2. The van der Waals surface area contributed by atoms with Gasteiger partial charge < -0.3 is 9.80 Å². The van der Waals surface area contributed by atoms with Crippen LogP contribution in [-0.4, -0.2) is 28.6 Å². The first-order chi connectivity index (χ1) is 25.3. The number of hydrogen-bond acceptors (Lipinski definition) is 2. The quantitative estimate of drug-likeness (QED) is 0.0685. The Labute approximate surface area is 318 Å². The lowest BCUT2D eigenvalue weighted by Crippen LogP contribution is -2.59. The van der Waals surface area contributed by atoms with E-state index in [2.05, 4.69) is 104 Å². The van der Waals surface area contributed by atoms with Gasteiger partial charge in [0.25, 0.3) is 0 Å². The second kappa shape index (κ2) is 28.3. The molecule has 288 valence electrons. The molecule has 1 aliphatic rings. The Morgan fingerprint density at radius 2 is 0.745 bits per heavy atom. The van der Waals surface area contributed by atoms with Crippen LogP contribution < -0.4 is 0 Å². The fourth-order valence-corrected chi connectivity index (χ4v) is 8.86. The van der Waals surface area contributed by atoms with E-state index in [4.69, 9.17) is 0 Å². The van der Waals surface area contributed by atoms with Crippen molar-refractivity contribution in [1.29, 1.82) is 0 Å². The van der Waals surface area contributed by atoms with E-state index in [1.165, 1.54) is 178 Å². The molecule has 3 rings (SSSR count). The first kappa shape index (κ1) is 43.2. The average molecular weight is 699 g/mol. The highest BCUT2D eigenvalue weighted by Gasteiger charge is 2.49. The van der Waals surface area contributed by atoms with Crippen molar-refractivity contribution in [1.82, 2.24) is 9.80 Å². The van der Waals surface area contributed by atoms with Gasteiger partial charge in [-0.05, 0) is 30.4 Å². The van der Waals surface area contributed by atoms with Crippen molar-refractivity contribution in [3.8, 4) is 0 Å². The van der Waals surface area contributed by atoms with Crippen molar-refractivity contribution < 1.29 is 0 Å². The van der Waals surface area contributed by atoms with E-state index in [9.17, 15) is 0 Å². The fourth-order valence-electron chi connectivity index (χ4n) is 8.86. The summed E-state index contributed by atoms with van der Waals surface area (Å²) in [6.07, 6.45) is 43.8.